The number of carbonyl (C=O) groups excluding carboxylic acids is 1. The molecule has 0 aliphatic carbocycles. The molecular formula is C18H30N2O2. The molecule has 4 nitrogen and oxygen atoms in total. The second-order valence-electron chi connectivity index (χ2n) is 6.12. The molecule has 1 atom stereocenters. The lowest BCUT2D eigenvalue weighted by atomic mass is 10.0. The molecule has 1 rings (SSSR count). The lowest BCUT2D eigenvalue weighted by Gasteiger charge is -2.14. The molecule has 0 unspecified atom stereocenters. The van der Waals surface area contributed by atoms with Gasteiger partial charge in [0.15, 0.2) is 0 Å². The van der Waals surface area contributed by atoms with Crippen LogP contribution in [0.3, 0.4) is 0 Å². The van der Waals surface area contributed by atoms with Crippen molar-refractivity contribution >= 4 is 5.91 Å². The maximum Gasteiger partial charge on any atom is 0.236 e. The maximum atomic E-state index is 11.8. The van der Waals surface area contributed by atoms with E-state index in [1.807, 2.05) is 24.3 Å². The van der Waals surface area contributed by atoms with Crippen molar-refractivity contribution in [2.24, 2.45) is 11.7 Å². The summed E-state index contributed by atoms with van der Waals surface area (Å²) in [6.07, 6.45) is 3.73. The summed E-state index contributed by atoms with van der Waals surface area (Å²) in [5.41, 5.74) is 7.03. The second-order valence-corrected chi connectivity index (χ2v) is 6.12. The van der Waals surface area contributed by atoms with E-state index in [0.29, 0.717) is 12.5 Å². The number of ether oxygens (including phenoxy) is 1. The first-order chi connectivity index (χ1) is 10.5. The smallest absolute Gasteiger partial charge is 0.236 e. The minimum Gasteiger partial charge on any atom is -0.494 e. The number of amides is 1. The van der Waals surface area contributed by atoms with Gasteiger partial charge in [0.1, 0.15) is 5.75 Å². The summed E-state index contributed by atoms with van der Waals surface area (Å²) in [6, 6.07) is 7.65. The Morgan fingerprint density at radius 1 is 1.27 bits per heavy atom. The SMILES string of the molecule is CCCCOc1ccc(CCNC(=O)[C@@H](N)CC(C)C)cc1. The molecule has 0 aliphatic rings. The minimum atomic E-state index is -0.408. The average molecular weight is 306 g/mol. The van der Waals surface area contributed by atoms with Gasteiger partial charge in [-0.3, -0.25) is 4.79 Å². The van der Waals surface area contributed by atoms with Crippen LogP contribution in [0.15, 0.2) is 24.3 Å². The highest BCUT2D eigenvalue weighted by molar-refractivity contribution is 5.81. The van der Waals surface area contributed by atoms with Crippen LogP contribution in [0, 0.1) is 5.92 Å². The number of nitrogens with one attached hydrogen (secondary N) is 1. The molecule has 3 N–H and O–H groups in total. The fourth-order valence-electron chi connectivity index (χ4n) is 2.16. The molecular weight excluding hydrogens is 276 g/mol. The highest BCUT2D eigenvalue weighted by Crippen LogP contribution is 2.13. The number of hydrogen-bond acceptors (Lipinski definition) is 3. The van der Waals surface area contributed by atoms with Gasteiger partial charge in [0, 0.05) is 6.54 Å². The summed E-state index contributed by atoms with van der Waals surface area (Å²) in [5, 5.41) is 2.90. The van der Waals surface area contributed by atoms with Crippen molar-refractivity contribution in [2.75, 3.05) is 13.2 Å². The van der Waals surface area contributed by atoms with Crippen LogP contribution in [-0.2, 0) is 11.2 Å². The summed E-state index contributed by atoms with van der Waals surface area (Å²) in [7, 11) is 0. The predicted molar refractivity (Wildman–Crippen MR) is 91.0 cm³/mol. The van der Waals surface area contributed by atoms with Crippen molar-refractivity contribution in [2.45, 2.75) is 52.5 Å². The molecule has 22 heavy (non-hydrogen) atoms. The summed E-state index contributed by atoms with van der Waals surface area (Å²) >= 11 is 0. The van der Waals surface area contributed by atoms with Crippen molar-refractivity contribution in [3.63, 3.8) is 0 Å². The Hall–Kier alpha value is -1.55. The quantitative estimate of drug-likeness (QED) is 0.653. The molecule has 4 heteroatoms. The highest BCUT2D eigenvalue weighted by atomic mass is 16.5. The Morgan fingerprint density at radius 3 is 2.55 bits per heavy atom. The number of hydrogen-bond donors (Lipinski definition) is 2. The molecule has 0 saturated heterocycles. The number of unbranched alkanes of at least 4 members (excludes halogenated alkanes) is 1. The zero-order valence-corrected chi connectivity index (χ0v) is 14.1. The lowest BCUT2D eigenvalue weighted by Crippen LogP contribution is -2.42. The second kappa shape index (κ2) is 10.2. The van der Waals surface area contributed by atoms with Crippen LogP contribution in [0.4, 0.5) is 0 Å². The minimum absolute atomic E-state index is 0.0618. The van der Waals surface area contributed by atoms with Crippen LogP contribution >= 0.6 is 0 Å². The van der Waals surface area contributed by atoms with Gasteiger partial charge in [-0.15, -0.1) is 0 Å². The van der Waals surface area contributed by atoms with Gasteiger partial charge in [-0.25, -0.2) is 0 Å². The normalized spacial score (nSPS) is 12.2. The molecule has 0 saturated carbocycles. The topological polar surface area (TPSA) is 64.3 Å². The summed E-state index contributed by atoms with van der Waals surface area (Å²) in [5.74, 6) is 1.27. The van der Waals surface area contributed by atoms with Crippen molar-refractivity contribution < 1.29 is 9.53 Å². The predicted octanol–water partition coefficient (Wildman–Crippen LogP) is 2.90. The van der Waals surface area contributed by atoms with E-state index in [4.69, 9.17) is 10.5 Å². The Balaban J connectivity index is 2.28. The van der Waals surface area contributed by atoms with E-state index in [-0.39, 0.29) is 5.91 Å². The van der Waals surface area contributed by atoms with E-state index in [2.05, 4.69) is 26.1 Å². The molecule has 1 aromatic carbocycles. The third-order valence-electron chi connectivity index (χ3n) is 3.46. The van der Waals surface area contributed by atoms with Crippen molar-refractivity contribution in [1.29, 1.82) is 0 Å². The van der Waals surface area contributed by atoms with Gasteiger partial charge < -0.3 is 15.8 Å². The molecule has 1 aromatic rings. The molecule has 0 spiro atoms. The fourth-order valence-corrected chi connectivity index (χ4v) is 2.16. The van der Waals surface area contributed by atoms with Crippen LogP contribution in [-0.4, -0.2) is 25.1 Å². The Labute approximate surface area is 134 Å². The van der Waals surface area contributed by atoms with Crippen LogP contribution < -0.4 is 15.8 Å². The van der Waals surface area contributed by atoms with E-state index in [1.165, 1.54) is 5.56 Å². The fraction of sp³-hybridized carbons (Fsp3) is 0.611. The molecule has 0 radical (unpaired) electrons. The van der Waals surface area contributed by atoms with Gasteiger partial charge in [-0.1, -0.05) is 39.3 Å². The average Bonchev–Trinajstić information content (AvgIpc) is 2.48. The first-order valence-electron chi connectivity index (χ1n) is 8.28. The van der Waals surface area contributed by atoms with E-state index in [0.717, 1.165) is 38.0 Å². The summed E-state index contributed by atoms with van der Waals surface area (Å²) in [4.78, 5) is 11.8. The largest absolute Gasteiger partial charge is 0.494 e. The van der Waals surface area contributed by atoms with Gasteiger partial charge in [0.2, 0.25) is 5.91 Å². The third kappa shape index (κ3) is 7.46. The molecule has 1 amide bonds. The molecule has 0 heterocycles. The van der Waals surface area contributed by atoms with Gasteiger partial charge in [-0.05, 0) is 42.9 Å². The van der Waals surface area contributed by atoms with Gasteiger partial charge in [0.05, 0.1) is 12.6 Å². The summed E-state index contributed by atoms with van der Waals surface area (Å²) in [6.45, 7) is 7.66. The Morgan fingerprint density at radius 2 is 1.95 bits per heavy atom. The Bertz CT molecular complexity index is 429. The van der Waals surface area contributed by atoms with Crippen molar-refractivity contribution in [3.05, 3.63) is 29.8 Å². The molecule has 0 aromatic heterocycles. The van der Waals surface area contributed by atoms with E-state index in [1.54, 1.807) is 0 Å². The number of carbonyl (C=O) groups is 1. The maximum absolute atomic E-state index is 11.8. The van der Waals surface area contributed by atoms with Crippen LogP contribution in [0.1, 0.15) is 45.6 Å². The van der Waals surface area contributed by atoms with Crippen molar-refractivity contribution in [3.8, 4) is 5.75 Å². The number of nitrogens with two attached hydrogens (primary N) is 1. The van der Waals surface area contributed by atoms with E-state index < -0.39 is 6.04 Å². The standard InChI is InChI=1S/C18H30N2O2/c1-4-5-12-22-16-8-6-15(7-9-16)10-11-20-18(21)17(19)13-14(2)3/h6-9,14,17H,4-5,10-13,19H2,1-3H3,(H,20,21)/t17-/m0/s1. The first kappa shape index (κ1) is 18.5. The lowest BCUT2D eigenvalue weighted by molar-refractivity contribution is -0.122. The van der Waals surface area contributed by atoms with Gasteiger partial charge >= 0.3 is 0 Å². The van der Waals surface area contributed by atoms with E-state index >= 15 is 0 Å². The van der Waals surface area contributed by atoms with Crippen LogP contribution in [0.2, 0.25) is 0 Å². The molecule has 0 fully saturated rings. The zero-order valence-electron chi connectivity index (χ0n) is 14.1. The molecule has 124 valence electrons. The molecule has 0 bridgehead atoms. The summed E-state index contributed by atoms with van der Waals surface area (Å²) < 4.78 is 5.63. The number of rotatable bonds is 10. The first-order valence-corrected chi connectivity index (χ1v) is 8.28. The number of benzene rings is 1. The van der Waals surface area contributed by atoms with Gasteiger partial charge in [-0.2, -0.15) is 0 Å². The van der Waals surface area contributed by atoms with Crippen LogP contribution in [0.5, 0.6) is 5.75 Å². The highest BCUT2D eigenvalue weighted by Gasteiger charge is 2.13. The van der Waals surface area contributed by atoms with Gasteiger partial charge in [0.25, 0.3) is 0 Å². The van der Waals surface area contributed by atoms with Crippen molar-refractivity contribution in [1.82, 2.24) is 5.32 Å². The third-order valence-corrected chi connectivity index (χ3v) is 3.46. The van der Waals surface area contributed by atoms with Crippen LogP contribution in [0.25, 0.3) is 0 Å². The zero-order chi connectivity index (χ0) is 16.4. The molecule has 0 aliphatic heterocycles. The Kier molecular flexibility index (Phi) is 8.60. The van der Waals surface area contributed by atoms with E-state index in [9.17, 15) is 4.79 Å². The monoisotopic (exact) mass is 306 g/mol.